The standard InChI is InChI=1S/C21H24N4O2/c1-13-4-2-3-5-16(13)19(27)17-10-22-20-18(17)21(24-12-23-20)25-15-8-6-14(11-26)7-9-15/h2-5,10,12,14-15,26H,6-9,11H2,1H3,(H2,22,23,24,25)/t14-,15+. The third-order valence-corrected chi connectivity index (χ3v) is 5.55. The van der Waals surface area contributed by atoms with Crippen LogP contribution in [0.25, 0.3) is 11.0 Å². The average Bonchev–Trinajstić information content (AvgIpc) is 3.14. The normalized spacial score (nSPS) is 19.9. The average molecular weight is 364 g/mol. The highest BCUT2D eigenvalue weighted by Crippen LogP contribution is 2.30. The molecule has 6 nitrogen and oxygen atoms in total. The number of hydrogen-bond donors (Lipinski definition) is 3. The van der Waals surface area contributed by atoms with Crippen molar-refractivity contribution in [3.05, 3.63) is 53.5 Å². The Labute approximate surface area is 158 Å². The van der Waals surface area contributed by atoms with Crippen LogP contribution in [0.4, 0.5) is 5.82 Å². The van der Waals surface area contributed by atoms with E-state index >= 15 is 0 Å². The summed E-state index contributed by atoms with van der Waals surface area (Å²) < 4.78 is 0. The zero-order valence-corrected chi connectivity index (χ0v) is 15.4. The lowest BCUT2D eigenvalue weighted by Gasteiger charge is -2.28. The number of fused-ring (bicyclic) bond motifs is 1. The fourth-order valence-corrected chi connectivity index (χ4v) is 3.91. The molecule has 1 aliphatic rings. The van der Waals surface area contributed by atoms with Gasteiger partial charge in [0.2, 0.25) is 0 Å². The van der Waals surface area contributed by atoms with Crippen LogP contribution in [0, 0.1) is 12.8 Å². The molecule has 140 valence electrons. The Balaban J connectivity index is 1.66. The second-order valence-corrected chi connectivity index (χ2v) is 7.34. The molecule has 2 heterocycles. The van der Waals surface area contributed by atoms with Gasteiger partial charge in [-0.3, -0.25) is 4.79 Å². The summed E-state index contributed by atoms with van der Waals surface area (Å²) in [6.07, 6.45) is 7.23. The first kappa shape index (κ1) is 17.7. The number of rotatable bonds is 5. The number of aromatic nitrogens is 3. The molecule has 1 aromatic carbocycles. The zero-order chi connectivity index (χ0) is 18.8. The second kappa shape index (κ2) is 7.48. The van der Waals surface area contributed by atoms with Gasteiger partial charge in [0, 0.05) is 24.4 Å². The van der Waals surface area contributed by atoms with Gasteiger partial charge < -0.3 is 15.4 Å². The first-order valence-corrected chi connectivity index (χ1v) is 9.47. The van der Waals surface area contributed by atoms with Crippen molar-refractivity contribution < 1.29 is 9.90 Å². The van der Waals surface area contributed by atoms with Crippen molar-refractivity contribution in [2.24, 2.45) is 5.92 Å². The number of hydrogen-bond acceptors (Lipinski definition) is 5. The molecule has 1 fully saturated rings. The number of aliphatic hydroxyl groups excluding tert-OH is 1. The van der Waals surface area contributed by atoms with Crippen molar-refractivity contribution in [1.29, 1.82) is 0 Å². The first-order valence-electron chi connectivity index (χ1n) is 9.47. The Morgan fingerprint density at radius 2 is 1.96 bits per heavy atom. The molecule has 6 heteroatoms. The third-order valence-electron chi connectivity index (χ3n) is 5.55. The van der Waals surface area contributed by atoms with Gasteiger partial charge >= 0.3 is 0 Å². The van der Waals surface area contributed by atoms with E-state index in [0.29, 0.717) is 34.6 Å². The molecule has 4 rings (SSSR count). The Morgan fingerprint density at radius 1 is 1.19 bits per heavy atom. The molecule has 0 spiro atoms. The predicted molar refractivity (Wildman–Crippen MR) is 105 cm³/mol. The number of carbonyl (C=O) groups is 1. The molecule has 0 saturated heterocycles. The molecule has 0 amide bonds. The van der Waals surface area contributed by atoms with Gasteiger partial charge in [-0.15, -0.1) is 0 Å². The summed E-state index contributed by atoms with van der Waals surface area (Å²) in [7, 11) is 0. The molecule has 1 saturated carbocycles. The van der Waals surface area contributed by atoms with Gasteiger partial charge in [0.1, 0.15) is 17.8 Å². The van der Waals surface area contributed by atoms with Gasteiger partial charge in [0.25, 0.3) is 0 Å². The van der Waals surface area contributed by atoms with E-state index in [4.69, 9.17) is 0 Å². The van der Waals surface area contributed by atoms with E-state index in [2.05, 4.69) is 20.3 Å². The molecule has 0 radical (unpaired) electrons. The van der Waals surface area contributed by atoms with Crippen molar-refractivity contribution in [2.45, 2.75) is 38.6 Å². The highest BCUT2D eigenvalue weighted by Gasteiger charge is 2.24. The van der Waals surface area contributed by atoms with Gasteiger partial charge in [0.05, 0.1) is 10.9 Å². The van der Waals surface area contributed by atoms with E-state index in [1.807, 2.05) is 31.2 Å². The second-order valence-electron chi connectivity index (χ2n) is 7.34. The summed E-state index contributed by atoms with van der Waals surface area (Å²) in [6, 6.07) is 7.90. The molecule has 27 heavy (non-hydrogen) atoms. The summed E-state index contributed by atoms with van der Waals surface area (Å²) in [5.41, 5.74) is 2.89. The Bertz CT molecular complexity index is 958. The summed E-state index contributed by atoms with van der Waals surface area (Å²) in [5, 5.41) is 13.6. The van der Waals surface area contributed by atoms with Crippen LogP contribution in [-0.4, -0.2) is 38.5 Å². The minimum absolute atomic E-state index is 0.0267. The van der Waals surface area contributed by atoms with Gasteiger partial charge in [-0.2, -0.15) is 0 Å². The van der Waals surface area contributed by atoms with Crippen LogP contribution in [-0.2, 0) is 0 Å². The number of aliphatic hydroxyl groups is 1. The fraction of sp³-hybridized carbons (Fsp3) is 0.381. The number of ketones is 1. The van der Waals surface area contributed by atoms with Crippen molar-refractivity contribution in [1.82, 2.24) is 15.0 Å². The Hall–Kier alpha value is -2.73. The van der Waals surface area contributed by atoms with E-state index in [9.17, 15) is 9.90 Å². The van der Waals surface area contributed by atoms with E-state index in [0.717, 1.165) is 36.6 Å². The maximum atomic E-state index is 13.1. The number of nitrogens with zero attached hydrogens (tertiary/aromatic N) is 2. The van der Waals surface area contributed by atoms with Crippen LogP contribution in [0.2, 0.25) is 0 Å². The predicted octanol–water partition coefficient (Wildman–Crippen LogP) is 3.46. The Kier molecular flexibility index (Phi) is 4.90. The summed E-state index contributed by atoms with van der Waals surface area (Å²) in [4.78, 5) is 25.0. The molecule has 3 aromatic rings. The summed E-state index contributed by atoms with van der Waals surface area (Å²) in [5.74, 6) is 1.07. The highest BCUT2D eigenvalue weighted by molar-refractivity contribution is 6.18. The van der Waals surface area contributed by atoms with Gasteiger partial charge in [0.15, 0.2) is 5.78 Å². The van der Waals surface area contributed by atoms with Gasteiger partial charge in [-0.1, -0.05) is 24.3 Å². The molecule has 0 bridgehead atoms. The lowest BCUT2D eigenvalue weighted by molar-refractivity contribution is 0.103. The topological polar surface area (TPSA) is 90.9 Å². The van der Waals surface area contributed by atoms with Crippen molar-refractivity contribution >= 4 is 22.6 Å². The maximum Gasteiger partial charge on any atom is 0.195 e. The first-order chi connectivity index (χ1) is 13.2. The monoisotopic (exact) mass is 364 g/mol. The minimum atomic E-state index is -0.0267. The summed E-state index contributed by atoms with van der Waals surface area (Å²) in [6.45, 7) is 2.20. The molecular weight excluding hydrogens is 340 g/mol. The number of carbonyl (C=O) groups excluding carboxylic acids is 1. The number of aromatic amines is 1. The number of H-pyrrole nitrogens is 1. The van der Waals surface area contributed by atoms with Crippen LogP contribution in [0.5, 0.6) is 0 Å². The molecule has 0 aliphatic heterocycles. The number of nitrogens with one attached hydrogen (secondary N) is 2. The zero-order valence-electron chi connectivity index (χ0n) is 15.4. The molecule has 2 aromatic heterocycles. The van der Waals surface area contributed by atoms with Gasteiger partial charge in [-0.25, -0.2) is 9.97 Å². The van der Waals surface area contributed by atoms with E-state index in [-0.39, 0.29) is 12.4 Å². The van der Waals surface area contributed by atoms with Crippen LogP contribution in [0.1, 0.15) is 47.2 Å². The van der Waals surface area contributed by atoms with Crippen LogP contribution in [0.15, 0.2) is 36.8 Å². The lowest BCUT2D eigenvalue weighted by Crippen LogP contribution is -2.27. The van der Waals surface area contributed by atoms with E-state index < -0.39 is 0 Å². The molecule has 0 unspecified atom stereocenters. The third kappa shape index (κ3) is 3.45. The van der Waals surface area contributed by atoms with Crippen molar-refractivity contribution in [3.63, 3.8) is 0 Å². The Morgan fingerprint density at radius 3 is 2.70 bits per heavy atom. The van der Waals surface area contributed by atoms with Crippen molar-refractivity contribution in [3.8, 4) is 0 Å². The van der Waals surface area contributed by atoms with Gasteiger partial charge in [-0.05, 0) is 44.1 Å². The van der Waals surface area contributed by atoms with Crippen LogP contribution >= 0.6 is 0 Å². The van der Waals surface area contributed by atoms with Crippen LogP contribution in [0.3, 0.4) is 0 Å². The fourth-order valence-electron chi connectivity index (χ4n) is 3.91. The highest BCUT2D eigenvalue weighted by atomic mass is 16.3. The largest absolute Gasteiger partial charge is 0.396 e. The van der Waals surface area contributed by atoms with E-state index in [1.165, 1.54) is 6.33 Å². The maximum absolute atomic E-state index is 13.1. The number of anilines is 1. The molecule has 0 atom stereocenters. The SMILES string of the molecule is Cc1ccccc1C(=O)c1c[nH]c2ncnc(N[C@H]3CC[C@@H](CO)CC3)c12. The molecule has 1 aliphatic carbocycles. The smallest absolute Gasteiger partial charge is 0.195 e. The van der Waals surface area contributed by atoms with Crippen molar-refractivity contribution in [2.75, 3.05) is 11.9 Å². The lowest BCUT2D eigenvalue weighted by atomic mass is 9.86. The minimum Gasteiger partial charge on any atom is -0.396 e. The molecule has 3 N–H and O–H groups in total. The van der Waals surface area contributed by atoms with Crippen LogP contribution < -0.4 is 5.32 Å². The van der Waals surface area contributed by atoms with E-state index in [1.54, 1.807) is 6.20 Å². The quantitative estimate of drug-likeness (QED) is 0.603. The number of benzene rings is 1. The summed E-state index contributed by atoms with van der Waals surface area (Å²) >= 11 is 0. The number of aryl methyl sites for hydroxylation is 1. The molecular formula is C21H24N4O2.